The van der Waals surface area contributed by atoms with Crippen molar-refractivity contribution in [3.8, 4) is 0 Å². The molecule has 7 heteroatoms. The highest BCUT2D eigenvalue weighted by molar-refractivity contribution is 9.10. The van der Waals surface area contributed by atoms with Crippen molar-refractivity contribution < 1.29 is 12.8 Å². The van der Waals surface area contributed by atoms with E-state index in [1.807, 2.05) is 6.92 Å². The SMILES string of the molecule is CCCCCN(C)S(=O)(=O)c1cc(Br)c(F)cc1N. The number of unbranched alkanes of at least 4 members (excludes halogenated alkanes) is 2. The highest BCUT2D eigenvalue weighted by Gasteiger charge is 2.24. The predicted octanol–water partition coefficient (Wildman–Crippen LogP) is 2.98. The van der Waals surface area contributed by atoms with Gasteiger partial charge in [-0.15, -0.1) is 0 Å². The Bertz CT molecular complexity index is 549. The molecule has 0 bridgehead atoms. The minimum absolute atomic E-state index is 0.0697. The van der Waals surface area contributed by atoms with Gasteiger partial charge >= 0.3 is 0 Å². The number of nitrogen functional groups attached to an aromatic ring is 1. The molecule has 0 aromatic heterocycles. The van der Waals surface area contributed by atoms with Gasteiger partial charge in [0.1, 0.15) is 10.7 Å². The number of benzene rings is 1. The maximum Gasteiger partial charge on any atom is 0.244 e. The highest BCUT2D eigenvalue weighted by atomic mass is 79.9. The Labute approximate surface area is 122 Å². The van der Waals surface area contributed by atoms with Crippen molar-refractivity contribution in [3.05, 3.63) is 22.4 Å². The second kappa shape index (κ2) is 6.67. The third kappa shape index (κ3) is 3.90. The second-order valence-corrected chi connectivity index (χ2v) is 7.21. The van der Waals surface area contributed by atoms with Crippen LogP contribution in [-0.4, -0.2) is 26.3 Å². The lowest BCUT2D eigenvalue weighted by Crippen LogP contribution is -2.28. The summed E-state index contributed by atoms with van der Waals surface area (Å²) in [6.45, 7) is 2.47. The molecule has 0 spiro atoms. The Morgan fingerprint density at radius 2 is 2.00 bits per heavy atom. The molecule has 0 saturated heterocycles. The van der Waals surface area contributed by atoms with Crippen LogP contribution in [0.4, 0.5) is 10.1 Å². The molecular formula is C12H18BrFN2O2S. The van der Waals surface area contributed by atoms with Crippen LogP contribution in [0.15, 0.2) is 21.5 Å². The van der Waals surface area contributed by atoms with Gasteiger partial charge in [0.2, 0.25) is 10.0 Å². The third-order valence-corrected chi connectivity index (χ3v) is 5.34. The quantitative estimate of drug-likeness (QED) is 0.632. The Balaban J connectivity index is 3.03. The molecule has 0 aliphatic rings. The van der Waals surface area contributed by atoms with E-state index in [0.29, 0.717) is 6.54 Å². The summed E-state index contributed by atoms with van der Waals surface area (Å²) in [4.78, 5) is -0.0697. The normalized spacial score (nSPS) is 12.1. The van der Waals surface area contributed by atoms with Crippen LogP contribution in [0.25, 0.3) is 0 Å². The van der Waals surface area contributed by atoms with Gasteiger partial charge in [-0.3, -0.25) is 0 Å². The fourth-order valence-corrected chi connectivity index (χ4v) is 3.46. The maximum absolute atomic E-state index is 13.3. The lowest BCUT2D eigenvalue weighted by molar-refractivity contribution is 0.454. The zero-order chi connectivity index (χ0) is 14.6. The second-order valence-electron chi connectivity index (χ2n) is 4.34. The number of hydrogen-bond acceptors (Lipinski definition) is 3. The van der Waals surface area contributed by atoms with E-state index < -0.39 is 15.8 Å². The fraction of sp³-hybridized carbons (Fsp3) is 0.500. The van der Waals surface area contributed by atoms with E-state index >= 15 is 0 Å². The first-order chi connectivity index (χ1) is 8.80. The summed E-state index contributed by atoms with van der Waals surface area (Å²) in [6.07, 6.45) is 2.76. The average Bonchev–Trinajstić information content (AvgIpc) is 2.33. The van der Waals surface area contributed by atoms with Crippen molar-refractivity contribution in [2.75, 3.05) is 19.3 Å². The van der Waals surface area contributed by atoms with Gasteiger partial charge in [-0.1, -0.05) is 19.8 Å². The molecule has 0 unspecified atom stereocenters. The summed E-state index contributed by atoms with van der Waals surface area (Å²) < 4.78 is 39.2. The summed E-state index contributed by atoms with van der Waals surface area (Å²) in [5.74, 6) is -0.579. The van der Waals surface area contributed by atoms with Gasteiger partial charge in [-0.25, -0.2) is 17.1 Å². The lowest BCUT2D eigenvalue weighted by Gasteiger charge is -2.18. The molecule has 1 aromatic carbocycles. The van der Waals surface area contributed by atoms with Crippen LogP contribution >= 0.6 is 15.9 Å². The molecule has 1 rings (SSSR count). The number of anilines is 1. The average molecular weight is 353 g/mol. The summed E-state index contributed by atoms with van der Waals surface area (Å²) in [6, 6.07) is 2.22. The van der Waals surface area contributed by atoms with E-state index in [9.17, 15) is 12.8 Å². The zero-order valence-electron chi connectivity index (χ0n) is 11.0. The number of hydrogen-bond donors (Lipinski definition) is 1. The monoisotopic (exact) mass is 352 g/mol. The summed E-state index contributed by atoms with van der Waals surface area (Å²) >= 11 is 2.97. The van der Waals surface area contributed by atoms with Gasteiger partial charge in [0, 0.05) is 13.6 Å². The van der Waals surface area contributed by atoms with Crippen LogP contribution in [0.3, 0.4) is 0 Å². The predicted molar refractivity (Wildman–Crippen MR) is 77.9 cm³/mol. The summed E-state index contributed by atoms with van der Waals surface area (Å²) in [5.41, 5.74) is 5.52. The lowest BCUT2D eigenvalue weighted by atomic mass is 10.2. The molecule has 0 aliphatic heterocycles. The van der Waals surface area contributed by atoms with Crippen LogP contribution < -0.4 is 5.73 Å². The van der Waals surface area contributed by atoms with E-state index in [2.05, 4.69) is 15.9 Å². The van der Waals surface area contributed by atoms with Gasteiger partial charge in [0.15, 0.2) is 0 Å². The van der Waals surface area contributed by atoms with E-state index in [-0.39, 0.29) is 15.1 Å². The van der Waals surface area contributed by atoms with Crippen molar-refractivity contribution >= 4 is 31.6 Å². The fourth-order valence-electron chi connectivity index (χ4n) is 1.64. The minimum Gasteiger partial charge on any atom is -0.398 e. The van der Waals surface area contributed by atoms with Crippen LogP contribution in [-0.2, 0) is 10.0 Å². The van der Waals surface area contributed by atoms with E-state index in [0.717, 1.165) is 25.3 Å². The Hall–Kier alpha value is -0.660. The van der Waals surface area contributed by atoms with Crippen molar-refractivity contribution in [1.82, 2.24) is 4.31 Å². The van der Waals surface area contributed by atoms with Crippen molar-refractivity contribution in [2.45, 2.75) is 31.1 Å². The van der Waals surface area contributed by atoms with Gasteiger partial charge in [-0.2, -0.15) is 0 Å². The van der Waals surface area contributed by atoms with Crippen LogP contribution in [0.2, 0.25) is 0 Å². The van der Waals surface area contributed by atoms with Crippen LogP contribution in [0, 0.1) is 5.82 Å². The summed E-state index contributed by atoms with van der Waals surface area (Å²) in [7, 11) is -2.18. The van der Waals surface area contributed by atoms with Gasteiger partial charge in [0.05, 0.1) is 10.2 Å². The third-order valence-electron chi connectivity index (χ3n) is 2.82. The number of nitrogens with zero attached hydrogens (tertiary/aromatic N) is 1. The highest BCUT2D eigenvalue weighted by Crippen LogP contribution is 2.28. The number of halogens is 2. The van der Waals surface area contributed by atoms with E-state index in [1.54, 1.807) is 0 Å². The summed E-state index contributed by atoms with van der Waals surface area (Å²) in [5, 5.41) is 0. The molecule has 0 fully saturated rings. The molecule has 4 nitrogen and oxygen atoms in total. The number of sulfonamides is 1. The zero-order valence-corrected chi connectivity index (χ0v) is 13.4. The van der Waals surface area contributed by atoms with Crippen molar-refractivity contribution in [3.63, 3.8) is 0 Å². The van der Waals surface area contributed by atoms with E-state index in [1.165, 1.54) is 17.4 Å². The Kier molecular flexibility index (Phi) is 5.76. The first-order valence-corrected chi connectivity index (χ1v) is 8.24. The van der Waals surface area contributed by atoms with Crippen LogP contribution in [0.5, 0.6) is 0 Å². The molecular weight excluding hydrogens is 335 g/mol. The first-order valence-electron chi connectivity index (χ1n) is 6.01. The van der Waals surface area contributed by atoms with E-state index in [4.69, 9.17) is 5.73 Å². The van der Waals surface area contributed by atoms with Crippen LogP contribution in [0.1, 0.15) is 26.2 Å². The van der Waals surface area contributed by atoms with Crippen molar-refractivity contribution in [1.29, 1.82) is 0 Å². The first kappa shape index (κ1) is 16.4. The molecule has 108 valence electrons. The topological polar surface area (TPSA) is 63.4 Å². The number of rotatable bonds is 6. The number of nitrogens with two attached hydrogens (primary N) is 1. The Morgan fingerprint density at radius 3 is 2.58 bits per heavy atom. The van der Waals surface area contributed by atoms with Gasteiger partial charge in [-0.05, 0) is 34.5 Å². The Morgan fingerprint density at radius 1 is 1.37 bits per heavy atom. The molecule has 0 radical (unpaired) electrons. The molecule has 1 aromatic rings. The maximum atomic E-state index is 13.3. The molecule has 0 atom stereocenters. The van der Waals surface area contributed by atoms with Gasteiger partial charge < -0.3 is 5.73 Å². The molecule has 0 heterocycles. The van der Waals surface area contributed by atoms with Crippen molar-refractivity contribution in [2.24, 2.45) is 0 Å². The molecule has 0 saturated carbocycles. The van der Waals surface area contributed by atoms with Gasteiger partial charge in [0.25, 0.3) is 0 Å². The standard InChI is InChI=1S/C12H18BrFN2O2S/c1-3-4-5-6-16(2)19(17,18)12-7-9(13)10(14)8-11(12)15/h7-8H,3-6,15H2,1-2H3. The molecule has 19 heavy (non-hydrogen) atoms. The molecule has 0 amide bonds. The minimum atomic E-state index is -3.68. The molecule has 0 aliphatic carbocycles. The largest absolute Gasteiger partial charge is 0.398 e. The smallest absolute Gasteiger partial charge is 0.244 e. The molecule has 2 N–H and O–H groups in total.